The van der Waals surface area contributed by atoms with Crippen LogP contribution in [0.15, 0.2) is 35.1 Å². The third kappa shape index (κ3) is 3.55. The van der Waals surface area contributed by atoms with Gasteiger partial charge in [0.2, 0.25) is 5.91 Å². The number of aromatic nitrogens is 4. The third-order valence-corrected chi connectivity index (χ3v) is 4.52. The van der Waals surface area contributed by atoms with Gasteiger partial charge in [-0.25, -0.2) is 13.5 Å². The van der Waals surface area contributed by atoms with Crippen LogP contribution in [0.4, 0.5) is 14.5 Å². The lowest BCUT2D eigenvalue weighted by molar-refractivity contribution is -0.119. The Kier molecular flexibility index (Phi) is 5.08. The minimum absolute atomic E-state index is 0.306. The lowest BCUT2D eigenvalue weighted by Gasteiger charge is -2.15. The maximum atomic E-state index is 13.8. The Morgan fingerprint density at radius 1 is 1.14 bits per heavy atom. The molecule has 3 rings (SSSR count). The molecule has 28 heavy (non-hydrogen) atoms. The standard InChI is InChI=1S/C19H19F2N5O2/c1-10-18(11(2)25(4)23-10)15-7-8-17(27)26(24-15)12(3)19(28)22-16-9-13(20)5-6-14(16)21/h5-9,12H,1-4H3,(H,22,28)/t12-/m1/s1. The van der Waals surface area contributed by atoms with Gasteiger partial charge in [-0.05, 0) is 39.0 Å². The minimum Gasteiger partial charge on any atom is -0.322 e. The molecule has 0 aliphatic carbocycles. The molecule has 1 amide bonds. The Morgan fingerprint density at radius 3 is 2.50 bits per heavy atom. The number of benzene rings is 1. The Bertz CT molecular complexity index is 1120. The predicted molar refractivity (Wildman–Crippen MR) is 99.9 cm³/mol. The van der Waals surface area contributed by atoms with Crippen molar-refractivity contribution in [2.45, 2.75) is 26.8 Å². The number of amides is 1. The van der Waals surface area contributed by atoms with E-state index in [1.165, 1.54) is 13.0 Å². The average Bonchev–Trinajstić information content (AvgIpc) is 2.90. The molecule has 146 valence electrons. The quantitative estimate of drug-likeness (QED) is 0.746. The van der Waals surface area contributed by atoms with E-state index in [0.717, 1.165) is 39.8 Å². The highest BCUT2D eigenvalue weighted by atomic mass is 19.1. The molecule has 0 spiro atoms. The van der Waals surface area contributed by atoms with E-state index in [-0.39, 0.29) is 5.69 Å². The summed E-state index contributed by atoms with van der Waals surface area (Å²) in [6.45, 7) is 5.14. The molecule has 7 nitrogen and oxygen atoms in total. The predicted octanol–water partition coefficient (Wildman–Crippen LogP) is 2.74. The van der Waals surface area contributed by atoms with Crippen molar-refractivity contribution >= 4 is 11.6 Å². The van der Waals surface area contributed by atoms with E-state index < -0.39 is 29.1 Å². The molecule has 0 saturated carbocycles. The van der Waals surface area contributed by atoms with E-state index in [1.807, 2.05) is 13.8 Å². The van der Waals surface area contributed by atoms with Crippen LogP contribution in [0.2, 0.25) is 0 Å². The van der Waals surface area contributed by atoms with Gasteiger partial charge < -0.3 is 5.32 Å². The molecular weight excluding hydrogens is 368 g/mol. The summed E-state index contributed by atoms with van der Waals surface area (Å²) < 4.78 is 29.8. The summed E-state index contributed by atoms with van der Waals surface area (Å²) in [6.07, 6.45) is 0. The zero-order valence-electron chi connectivity index (χ0n) is 15.8. The van der Waals surface area contributed by atoms with Gasteiger partial charge in [-0.3, -0.25) is 14.3 Å². The van der Waals surface area contributed by atoms with Gasteiger partial charge in [-0.2, -0.15) is 10.2 Å². The Labute approximate surface area is 159 Å². The van der Waals surface area contributed by atoms with Crippen LogP contribution in [0.3, 0.4) is 0 Å². The van der Waals surface area contributed by atoms with Gasteiger partial charge in [0.15, 0.2) is 0 Å². The highest BCUT2D eigenvalue weighted by Gasteiger charge is 2.21. The highest BCUT2D eigenvalue weighted by Crippen LogP contribution is 2.24. The first kappa shape index (κ1) is 19.4. The second kappa shape index (κ2) is 7.34. The van der Waals surface area contributed by atoms with Crippen LogP contribution in [0, 0.1) is 25.5 Å². The fourth-order valence-corrected chi connectivity index (χ4v) is 2.92. The van der Waals surface area contributed by atoms with E-state index in [0.29, 0.717) is 5.69 Å². The van der Waals surface area contributed by atoms with Crippen LogP contribution in [0.25, 0.3) is 11.3 Å². The fourth-order valence-electron chi connectivity index (χ4n) is 2.92. The third-order valence-electron chi connectivity index (χ3n) is 4.52. The van der Waals surface area contributed by atoms with Gasteiger partial charge in [-0.1, -0.05) is 0 Å². The first-order valence-electron chi connectivity index (χ1n) is 8.55. The number of nitrogens with zero attached hydrogens (tertiary/aromatic N) is 4. The smallest absolute Gasteiger partial charge is 0.267 e. The van der Waals surface area contributed by atoms with Gasteiger partial charge in [0.25, 0.3) is 5.56 Å². The average molecular weight is 387 g/mol. The Morgan fingerprint density at radius 2 is 1.86 bits per heavy atom. The number of rotatable bonds is 4. The van der Waals surface area contributed by atoms with Crippen molar-refractivity contribution in [3.63, 3.8) is 0 Å². The van der Waals surface area contributed by atoms with Crippen LogP contribution >= 0.6 is 0 Å². The van der Waals surface area contributed by atoms with Crippen LogP contribution in [0.5, 0.6) is 0 Å². The summed E-state index contributed by atoms with van der Waals surface area (Å²) in [5, 5.41) is 10.9. The van der Waals surface area contributed by atoms with Gasteiger partial charge in [0.05, 0.1) is 17.1 Å². The summed E-state index contributed by atoms with van der Waals surface area (Å²) in [5.74, 6) is -2.17. The molecule has 0 saturated heterocycles. The Balaban J connectivity index is 1.95. The lowest BCUT2D eigenvalue weighted by Crippen LogP contribution is -2.33. The largest absolute Gasteiger partial charge is 0.322 e. The van der Waals surface area contributed by atoms with Gasteiger partial charge >= 0.3 is 0 Å². The van der Waals surface area contributed by atoms with Gasteiger partial charge in [-0.15, -0.1) is 0 Å². The second-order valence-electron chi connectivity index (χ2n) is 6.46. The number of hydrogen-bond donors (Lipinski definition) is 1. The molecule has 0 bridgehead atoms. The molecular formula is C19H19F2N5O2. The molecule has 2 heterocycles. The molecule has 0 unspecified atom stereocenters. The molecule has 1 atom stereocenters. The van der Waals surface area contributed by atoms with E-state index in [4.69, 9.17) is 0 Å². The first-order chi connectivity index (χ1) is 13.2. The summed E-state index contributed by atoms with van der Waals surface area (Å²) in [4.78, 5) is 24.8. The van der Waals surface area contributed by atoms with Crippen molar-refractivity contribution in [3.8, 4) is 11.3 Å². The molecule has 0 aliphatic rings. The number of nitrogens with one attached hydrogen (secondary N) is 1. The van der Waals surface area contributed by atoms with Crippen LogP contribution < -0.4 is 10.9 Å². The molecule has 0 radical (unpaired) electrons. The number of aryl methyl sites for hydroxylation is 2. The molecule has 1 N–H and O–H groups in total. The molecule has 9 heteroatoms. The highest BCUT2D eigenvalue weighted by molar-refractivity contribution is 5.93. The van der Waals surface area contributed by atoms with E-state index in [1.54, 1.807) is 17.8 Å². The summed E-state index contributed by atoms with van der Waals surface area (Å²) in [7, 11) is 1.80. The zero-order chi connectivity index (χ0) is 20.6. The van der Waals surface area contributed by atoms with E-state index in [2.05, 4.69) is 15.5 Å². The molecule has 3 aromatic rings. The normalized spacial score (nSPS) is 12.1. The van der Waals surface area contributed by atoms with Crippen molar-refractivity contribution in [2.75, 3.05) is 5.32 Å². The number of carbonyl (C=O) groups excluding carboxylic acids is 1. The van der Waals surface area contributed by atoms with Crippen molar-refractivity contribution < 1.29 is 13.6 Å². The van der Waals surface area contributed by atoms with Crippen molar-refractivity contribution in [1.29, 1.82) is 0 Å². The number of halogens is 2. The van der Waals surface area contributed by atoms with Gasteiger partial charge in [0.1, 0.15) is 17.7 Å². The fraction of sp³-hybridized carbons (Fsp3) is 0.263. The lowest BCUT2D eigenvalue weighted by atomic mass is 10.1. The van der Waals surface area contributed by atoms with Crippen LogP contribution in [-0.2, 0) is 11.8 Å². The van der Waals surface area contributed by atoms with Gasteiger partial charge in [0, 0.05) is 30.4 Å². The molecule has 2 aromatic heterocycles. The SMILES string of the molecule is Cc1nn(C)c(C)c1-c1ccc(=O)n([C@H](C)C(=O)Nc2cc(F)ccc2F)n1. The number of anilines is 1. The molecule has 0 fully saturated rings. The zero-order valence-corrected chi connectivity index (χ0v) is 15.8. The summed E-state index contributed by atoms with van der Waals surface area (Å²) >= 11 is 0. The maximum Gasteiger partial charge on any atom is 0.267 e. The first-order valence-corrected chi connectivity index (χ1v) is 8.55. The molecule has 1 aromatic carbocycles. The van der Waals surface area contributed by atoms with Crippen molar-refractivity contribution in [3.05, 3.63) is 63.7 Å². The molecule has 0 aliphatic heterocycles. The number of hydrogen-bond acceptors (Lipinski definition) is 4. The maximum absolute atomic E-state index is 13.8. The van der Waals surface area contributed by atoms with Crippen LogP contribution in [0.1, 0.15) is 24.4 Å². The summed E-state index contributed by atoms with van der Waals surface area (Å²) in [6, 6.07) is 4.55. The van der Waals surface area contributed by atoms with E-state index >= 15 is 0 Å². The Hall–Kier alpha value is -3.36. The topological polar surface area (TPSA) is 81.8 Å². The minimum atomic E-state index is -1.05. The number of carbonyl (C=O) groups is 1. The van der Waals surface area contributed by atoms with E-state index in [9.17, 15) is 18.4 Å². The van der Waals surface area contributed by atoms with Crippen LogP contribution in [-0.4, -0.2) is 25.5 Å². The summed E-state index contributed by atoms with van der Waals surface area (Å²) in [5.41, 5.74) is 2.04. The monoisotopic (exact) mass is 387 g/mol. The second-order valence-corrected chi connectivity index (χ2v) is 6.46. The van der Waals surface area contributed by atoms with Crippen molar-refractivity contribution in [2.24, 2.45) is 7.05 Å². The van der Waals surface area contributed by atoms with Crippen molar-refractivity contribution in [1.82, 2.24) is 19.6 Å².